The fourth-order valence-corrected chi connectivity index (χ4v) is 6.54. The lowest BCUT2D eigenvalue weighted by molar-refractivity contribution is -0.132. The summed E-state index contributed by atoms with van der Waals surface area (Å²) in [5, 5.41) is 15.0. The third-order valence-electron chi connectivity index (χ3n) is 6.85. The first-order chi connectivity index (χ1) is 16.7. The maximum atomic E-state index is 13.4. The highest BCUT2D eigenvalue weighted by Crippen LogP contribution is 2.38. The molecule has 0 bridgehead atoms. The van der Waals surface area contributed by atoms with Crippen molar-refractivity contribution in [1.29, 1.82) is 0 Å². The predicted octanol–water partition coefficient (Wildman–Crippen LogP) is 1.25. The number of carbonyl (C=O) groups is 3. The molecule has 0 radical (unpaired) electrons. The first-order valence-corrected chi connectivity index (χ1v) is 12.8. The lowest BCUT2D eigenvalue weighted by Gasteiger charge is -2.30. The van der Waals surface area contributed by atoms with Crippen LogP contribution < -0.4 is 10.6 Å². The zero-order valence-electron chi connectivity index (χ0n) is 18.7. The van der Waals surface area contributed by atoms with Gasteiger partial charge in [0.15, 0.2) is 5.78 Å². The molecule has 35 heavy (non-hydrogen) atoms. The number of hydrogen-bond donors (Lipinski definition) is 3. The van der Waals surface area contributed by atoms with Gasteiger partial charge in [-0.15, -0.1) is 0 Å². The molecule has 3 atom stereocenters. The van der Waals surface area contributed by atoms with Gasteiger partial charge in [-0.3, -0.25) is 14.4 Å². The molecule has 2 fully saturated rings. The molecule has 1 saturated carbocycles. The summed E-state index contributed by atoms with van der Waals surface area (Å²) in [6, 6.07) is 11.2. The Balaban J connectivity index is 1.42. The van der Waals surface area contributed by atoms with Gasteiger partial charge >= 0.3 is 0 Å². The Morgan fingerprint density at radius 1 is 1.14 bits per heavy atom. The second-order valence-corrected chi connectivity index (χ2v) is 10.9. The van der Waals surface area contributed by atoms with Gasteiger partial charge in [0.2, 0.25) is 15.7 Å². The first-order valence-electron chi connectivity index (χ1n) is 11.3. The van der Waals surface area contributed by atoms with Crippen LogP contribution >= 0.6 is 0 Å². The van der Waals surface area contributed by atoms with E-state index in [0.29, 0.717) is 24.0 Å². The van der Waals surface area contributed by atoms with Gasteiger partial charge in [0, 0.05) is 6.42 Å². The molecule has 1 saturated heterocycles. The number of phenols is 1. The quantitative estimate of drug-likeness (QED) is 0.547. The molecule has 9 nitrogen and oxygen atoms in total. The van der Waals surface area contributed by atoms with E-state index in [2.05, 4.69) is 10.6 Å². The van der Waals surface area contributed by atoms with E-state index in [-0.39, 0.29) is 29.5 Å². The van der Waals surface area contributed by atoms with E-state index in [0.717, 1.165) is 6.42 Å². The van der Waals surface area contributed by atoms with Crippen LogP contribution in [0.25, 0.3) is 6.08 Å². The number of ketones is 1. The summed E-state index contributed by atoms with van der Waals surface area (Å²) in [6.07, 6.45) is 2.69. The number of hydrogen-bond acceptors (Lipinski definition) is 7. The fraction of sp³-hybridized carbons (Fsp3) is 0.320. The summed E-state index contributed by atoms with van der Waals surface area (Å²) in [7, 11) is -4.03. The number of sulfone groups is 1. The summed E-state index contributed by atoms with van der Waals surface area (Å²) >= 11 is 0. The SMILES string of the molecule is O=C(N[C@@H](Cc1ccc(O)cc1)C(=O)N[C@]12CCC[C@H]1OCC2=O)C1=Cc2ccccc2S1(=O)=O. The van der Waals surface area contributed by atoms with E-state index in [9.17, 15) is 27.9 Å². The molecule has 3 aliphatic rings. The lowest BCUT2D eigenvalue weighted by atomic mass is 9.91. The van der Waals surface area contributed by atoms with E-state index in [1.54, 1.807) is 30.3 Å². The van der Waals surface area contributed by atoms with Gasteiger partial charge in [-0.2, -0.15) is 0 Å². The molecule has 2 aromatic carbocycles. The topological polar surface area (TPSA) is 139 Å². The molecule has 2 aromatic rings. The van der Waals surface area contributed by atoms with Crippen LogP contribution in [0.15, 0.2) is 58.3 Å². The minimum absolute atomic E-state index is 0.0217. The second-order valence-electron chi connectivity index (χ2n) is 9.02. The number of nitrogens with one attached hydrogen (secondary N) is 2. The molecular weight excluding hydrogens is 472 g/mol. The van der Waals surface area contributed by atoms with Crippen LogP contribution in [-0.4, -0.2) is 55.4 Å². The second kappa shape index (κ2) is 8.62. The number of ether oxygens (including phenoxy) is 1. The van der Waals surface area contributed by atoms with Gasteiger partial charge in [0.05, 0.1) is 11.0 Å². The molecule has 2 amide bonds. The highest BCUT2D eigenvalue weighted by atomic mass is 32.2. The van der Waals surface area contributed by atoms with Gasteiger partial charge in [0.1, 0.15) is 28.8 Å². The third kappa shape index (κ3) is 4.02. The van der Waals surface area contributed by atoms with Crippen molar-refractivity contribution >= 4 is 33.5 Å². The van der Waals surface area contributed by atoms with Crippen molar-refractivity contribution < 1.29 is 32.6 Å². The molecule has 182 valence electrons. The minimum atomic E-state index is -4.03. The van der Waals surface area contributed by atoms with Gasteiger partial charge in [-0.25, -0.2) is 8.42 Å². The molecule has 0 unspecified atom stereocenters. The zero-order chi connectivity index (χ0) is 24.8. The average Bonchev–Trinajstić information content (AvgIpc) is 3.46. The Bertz CT molecular complexity index is 1350. The third-order valence-corrected chi connectivity index (χ3v) is 8.69. The Labute approximate surface area is 202 Å². The Kier molecular flexibility index (Phi) is 5.72. The van der Waals surface area contributed by atoms with Gasteiger partial charge < -0.3 is 20.5 Å². The van der Waals surface area contributed by atoms with E-state index < -0.39 is 44.2 Å². The summed E-state index contributed by atoms with van der Waals surface area (Å²) < 4.78 is 31.4. The minimum Gasteiger partial charge on any atom is -0.508 e. The van der Waals surface area contributed by atoms with E-state index in [1.165, 1.54) is 24.3 Å². The van der Waals surface area contributed by atoms with Crippen molar-refractivity contribution in [3.63, 3.8) is 0 Å². The van der Waals surface area contributed by atoms with Gasteiger partial charge in [0.25, 0.3) is 5.91 Å². The number of Topliss-reactive ketones (excluding diaryl/α,β-unsaturated/α-hetero) is 1. The average molecular weight is 497 g/mol. The van der Waals surface area contributed by atoms with Crippen molar-refractivity contribution in [2.45, 2.75) is 48.3 Å². The summed E-state index contributed by atoms with van der Waals surface area (Å²) in [6.45, 7) is -0.0800. The van der Waals surface area contributed by atoms with Crippen molar-refractivity contribution in [3.05, 3.63) is 64.6 Å². The normalized spacial score (nSPS) is 24.9. The lowest BCUT2D eigenvalue weighted by Crippen LogP contribution is -2.61. The number of amides is 2. The molecule has 2 aliphatic heterocycles. The maximum absolute atomic E-state index is 13.4. The number of carbonyl (C=O) groups excluding carboxylic acids is 3. The van der Waals surface area contributed by atoms with E-state index in [4.69, 9.17) is 4.74 Å². The van der Waals surface area contributed by atoms with Crippen LogP contribution in [0.2, 0.25) is 0 Å². The Morgan fingerprint density at radius 3 is 2.63 bits per heavy atom. The van der Waals surface area contributed by atoms with Gasteiger partial charge in [-0.05, 0) is 54.7 Å². The monoisotopic (exact) mass is 496 g/mol. The number of aromatic hydroxyl groups is 1. The summed E-state index contributed by atoms with van der Waals surface area (Å²) in [5.41, 5.74) is -0.105. The molecule has 2 heterocycles. The standard InChI is InChI=1S/C25H24N2O7S/c28-17-9-7-15(8-10-17)12-18(23(30)27-25-11-3-6-22(25)34-14-21(25)29)26-24(31)20-13-16-4-1-2-5-19(16)35(20,32)33/h1-2,4-5,7-10,13,18,22,28H,3,6,11-12,14H2,(H,26,31)(H,27,30)/t18-,22+,25-/m0/s1. The highest BCUT2D eigenvalue weighted by Gasteiger charge is 2.55. The van der Waals surface area contributed by atoms with Crippen molar-refractivity contribution in [2.24, 2.45) is 0 Å². The molecule has 0 aromatic heterocycles. The maximum Gasteiger partial charge on any atom is 0.263 e. The molecule has 1 aliphatic carbocycles. The molecule has 5 rings (SSSR count). The smallest absolute Gasteiger partial charge is 0.263 e. The Hall–Kier alpha value is -3.50. The van der Waals surface area contributed by atoms with Crippen LogP contribution in [-0.2, 0) is 35.4 Å². The predicted molar refractivity (Wildman–Crippen MR) is 125 cm³/mol. The molecule has 0 spiro atoms. The van der Waals surface area contributed by atoms with E-state index >= 15 is 0 Å². The van der Waals surface area contributed by atoms with Crippen LogP contribution in [0.5, 0.6) is 5.75 Å². The van der Waals surface area contributed by atoms with E-state index in [1.807, 2.05) is 0 Å². The highest BCUT2D eigenvalue weighted by molar-refractivity contribution is 7.96. The van der Waals surface area contributed by atoms with Crippen LogP contribution in [0, 0.1) is 0 Å². The van der Waals surface area contributed by atoms with Crippen molar-refractivity contribution in [2.75, 3.05) is 6.61 Å². The fourth-order valence-electron chi connectivity index (χ4n) is 5.02. The van der Waals surface area contributed by atoms with Crippen LogP contribution in [0.1, 0.15) is 30.4 Å². The number of fused-ring (bicyclic) bond motifs is 2. The largest absolute Gasteiger partial charge is 0.508 e. The summed E-state index contributed by atoms with van der Waals surface area (Å²) in [5.74, 6) is -1.68. The number of phenolic OH excluding ortho intramolecular Hbond substituents is 1. The number of rotatable bonds is 6. The van der Waals surface area contributed by atoms with Crippen LogP contribution in [0.4, 0.5) is 0 Å². The molecule has 10 heteroatoms. The first kappa shape index (κ1) is 23.3. The zero-order valence-corrected chi connectivity index (χ0v) is 19.5. The van der Waals surface area contributed by atoms with Crippen molar-refractivity contribution in [3.8, 4) is 5.75 Å². The van der Waals surface area contributed by atoms with Crippen molar-refractivity contribution in [1.82, 2.24) is 10.6 Å². The Morgan fingerprint density at radius 2 is 1.89 bits per heavy atom. The molecular formula is C25H24N2O7S. The summed E-state index contributed by atoms with van der Waals surface area (Å²) in [4.78, 5) is 38.8. The van der Waals surface area contributed by atoms with Gasteiger partial charge in [-0.1, -0.05) is 30.3 Å². The van der Waals surface area contributed by atoms with Crippen LogP contribution in [0.3, 0.4) is 0 Å². The molecule has 3 N–H and O–H groups in total. The number of benzene rings is 2.